The van der Waals surface area contributed by atoms with Gasteiger partial charge < -0.3 is 15.0 Å². The normalized spacial score (nSPS) is 19.3. The summed E-state index contributed by atoms with van der Waals surface area (Å²) in [5, 5.41) is 7.07. The van der Waals surface area contributed by atoms with Crippen LogP contribution in [0.1, 0.15) is 25.3 Å². The molecule has 1 fully saturated rings. The summed E-state index contributed by atoms with van der Waals surface area (Å²) in [6, 6.07) is 0.746. The number of hydrogen-bond acceptors (Lipinski definition) is 5. The smallest absolute Gasteiger partial charge is 0.365 e. The number of nitrogens with one attached hydrogen (secondary N) is 1. The van der Waals surface area contributed by atoms with Gasteiger partial charge in [0.2, 0.25) is 0 Å². The lowest BCUT2D eigenvalue weighted by molar-refractivity contribution is -0.138. The average Bonchev–Trinajstić information content (AvgIpc) is 3.06. The Morgan fingerprint density at radius 1 is 1.39 bits per heavy atom. The monoisotopic (exact) mass is 420 g/mol. The molecule has 28 heavy (non-hydrogen) atoms. The van der Waals surface area contributed by atoms with E-state index in [1.165, 1.54) is 0 Å². The maximum atomic E-state index is 13.8. The van der Waals surface area contributed by atoms with Gasteiger partial charge in [-0.3, -0.25) is 4.79 Å². The van der Waals surface area contributed by atoms with Crippen LogP contribution in [0.3, 0.4) is 0 Å². The van der Waals surface area contributed by atoms with Crippen LogP contribution in [0.15, 0.2) is 11.0 Å². The Labute approximate surface area is 165 Å². The topological polar surface area (TPSA) is 59.4 Å². The van der Waals surface area contributed by atoms with Crippen LogP contribution in [-0.2, 0) is 17.6 Å². The molecule has 1 aliphatic heterocycles. The molecule has 2 atom stereocenters. The molecule has 0 aliphatic carbocycles. The summed E-state index contributed by atoms with van der Waals surface area (Å²) in [4.78, 5) is 14.3. The minimum absolute atomic E-state index is 0.00378. The van der Waals surface area contributed by atoms with Crippen LogP contribution in [0.4, 0.5) is 18.9 Å². The first-order chi connectivity index (χ1) is 13.0. The molecule has 6 nitrogen and oxygen atoms in total. The molecular weight excluding hydrogens is 389 g/mol. The van der Waals surface area contributed by atoms with E-state index in [0.717, 1.165) is 29.8 Å². The van der Waals surface area contributed by atoms with Gasteiger partial charge in [-0.15, -0.1) is 0 Å². The van der Waals surface area contributed by atoms with E-state index in [1.807, 2.05) is 6.92 Å². The van der Waals surface area contributed by atoms with E-state index in [9.17, 15) is 18.0 Å². The lowest BCUT2D eigenvalue weighted by atomic mass is 10.1. The van der Waals surface area contributed by atoms with Crippen molar-refractivity contribution in [1.29, 1.82) is 0 Å². The first kappa shape index (κ1) is 22.9. The second-order valence-electron chi connectivity index (χ2n) is 8.54. The second-order valence-corrected chi connectivity index (χ2v) is 14.2. The highest BCUT2D eigenvalue weighted by atomic mass is 28.3. The summed E-state index contributed by atoms with van der Waals surface area (Å²) < 4.78 is 47.5. The summed E-state index contributed by atoms with van der Waals surface area (Å²) in [5.74, 6) is 0. The van der Waals surface area contributed by atoms with Crippen LogP contribution in [0, 0.1) is 0 Å². The molecule has 1 aromatic rings. The number of alkyl halides is 3. The van der Waals surface area contributed by atoms with Gasteiger partial charge in [-0.05, 0) is 32.9 Å². The van der Waals surface area contributed by atoms with Crippen LogP contribution in [0.25, 0.3) is 0 Å². The first-order valence-corrected chi connectivity index (χ1v) is 13.4. The third kappa shape index (κ3) is 5.57. The van der Waals surface area contributed by atoms with Crippen LogP contribution >= 0.6 is 0 Å². The van der Waals surface area contributed by atoms with E-state index in [1.54, 1.807) is 11.9 Å². The number of rotatable bonds is 8. The molecule has 0 saturated carbocycles. The van der Waals surface area contributed by atoms with E-state index in [-0.39, 0.29) is 24.5 Å². The molecule has 10 heteroatoms. The number of anilines is 1. The molecule has 1 aliphatic rings. The number of likely N-dealkylation sites (N-methyl/N-ethyl adjacent to an activating group) is 1. The molecule has 0 spiro atoms. The summed E-state index contributed by atoms with van der Waals surface area (Å²) in [6.07, 6.45) is -2.06. The second kappa shape index (κ2) is 8.96. The van der Waals surface area contributed by atoms with Gasteiger partial charge in [-0.1, -0.05) is 19.6 Å². The fourth-order valence-electron chi connectivity index (χ4n) is 3.39. The van der Waals surface area contributed by atoms with Crippen molar-refractivity contribution >= 4 is 13.8 Å². The van der Waals surface area contributed by atoms with Crippen LogP contribution in [0.5, 0.6) is 0 Å². The van der Waals surface area contributed by atoms with Gasteiger partial charge in [-0.25, -0.2) is 4.68 Å². The molecule has 0 aromatic carbocycles. The summed E-state index contributed by atoms with van der Waals surface area (Å²) in [6.45, 7) is 9.06. The zero-order valence-corrected chi connectivity index (χ0v) is 18.3. The van der Waals surface area contributed by atoms with Gasteiger partial charge in [0.1, 0.15) is 12.3 Å². The predicted octanol–water partition coefficient (Wildman–Crippen LogP) is 3.15. The molecule has 0 radical (unpaired) electrons. The van der Waals surface area contributed by atoms with Crippen molar-refractivity contribution in [3.05, 3.63) is 22.1 Å². The van der Waals surface area contributed by atoms with Crippen molar-refractivity contribution in [2.45, 2.75) is 70.4 Å². The average molecular weight is 421 g/mol. The van der Waals surface area contributed by atoms with Crippen molar-refractivity contribution < 1.29 is 17.9 Å². The number of hydrogen-bond donors (Lipinski definition) is 1. The zero-order valence-electron chi connectivity index (χ0n) is 17.3. The van der Waals surface area contributed by atoms with Gasteiger partial charge in [0.25, 0.3) is 5.56 Å². The summed E-state index contributed by atoms with van der Waals surface area (Å²) in [7, 11) is 0.453. The van der Waals surface area contributed by atoms with Crippen LogP contribution in [-0.4, -0.2) is 50.1 Å². The molecule has 1 N–H and O–H groups in total. The van der Waals surface area contributed by atoms with Gasteiger partial charge in [0.15, 0.2) is 0 Å². The van der Waals surface area contributed by atoms with Crippen molar-refractivity contribution in [2.75, 3.05) is 25.1 Å². The van der Waals surface area contributed by atoms with Crippen molar-refractivity contribution in [1.82, 2.24) is 15.1 Å². The lowest BCUT2D eigenvalue weighted by Crippen LogP contribution is -2.46. The van der Waals surface area contributed by atoms with E-state index in [4.69, 9.17) is 4.74 Å². The van der Waals surface area contributed by atoms with Crippen LogP contribution in [0.2, 0.25) is 25.7 Å². The molecule has 1 saturated heterocycles. The van der Waals surface area contributed by atoms with E-state index in [2.05, 4.69) is 30.1 Å². The fourth-order valence-corrected chi connectivity index (χ4v) is 4.15. The Kier molecular flexibility index (Phi) is 7.32. The van der Waals surface area contributed by atoms with Crippen molar-refractivity contribution in [3.8, 4) is 0 Å². The highest BCUT2D eigenvalue weighted by Crippen LogP contribution is 2.37. The Bertz CT molecular complexity index is 718. The van der Waals surface area contributed by atoms with Crippen molar-refractivity contribution in [2.24, 2.45) is 0 Å². The third-order valence-corrected chi connectivity index (χ3v) is 6.86. The SMILES string of the molecule is CNC(C)[C@@H]1CCCN1c1cnn(COCC[Si](C)(C)C)c(=O)c1C(F)(F)F. The first-order valence-electron chi connectivity index (χ1n) is 9.64. The van der Waals surface area contributed by atoms with E-state index >= 15 is 0 Å². The minimum atomic E-state index is -4.76. The Morgan fingerprint density at radius 2 is 2.07 bits per heavy atom. The molecule has 0 amide bonds. The number of nitrogens with zero attached hydrogens (tertiary/aromatic N) is 3. The highest BCUT2D eigenvalue weighted by molar-refractivity contribution is 6.76. The summed E-state index contributed by atoms with van der Waals surface area (Å²) in [5.41, 5.74) is -2.45. The minimum Gasteiger partial charge on any atom is -0.365 e. The lowest BCUT2D eigenvalue weighted by Gasteiger charge is -2.32. The molecule has 2 rings (SSSR count). The fraction of sp³-hybridized carbons (Fsp3) is 0.778. The largest absolute Gasteiger partial charge is 0.423 e. The third-order valence-electron chi connectivity index (χ3n) is 5.16. The number of aromatic nitrogens is 2. The van der Waals surface area contributed by atoms with Gasteiger partial charge in [0.05, 0.1) is 11.9 Å². The van der Waals surface area contributed by atoms with Gasteiger partial charge in [0, 0.05) is 33.3 Å². The van der Waals surface area contributed by atoms with E-state index < -0.39 is 25.4 Å². The molecular formula is C18H31F3N4O2Si. The molecule has 160 valence electrons. The number of halogens is 3. The molecule has 1 unspecified atom stereocenters. The molecule has 1 aromatic heterocycles. The quantitative estimate of drug-likeness (QED) is 0.517. The Balaban J connectivity index is 2.31. The maximum Gasteiger partial charge on any atom is 0.423 e. The number of ether oxygens (including phenoxy) is 1. The van der Waals surface area contributed by atoms with Gasteiger partial charge >= 0.3 is 6.18 Å². The van der Waals surface area contributed by atoms with E-state index in [0.29, 0.717) is 13.2 Å². The van der Waals surface area contributed by atoms with Crippen molar-refractivity contribution in [3.63, 3.8) is 0 Å². The Morgan fingerprint density at radius 3 is 2.64 bits per heavy atom. The standard InChI is InChI=1S/C18H31F3N4O2Si/c1-13(22-2)14-7-6-8-24(14)15-11-23-25(12-27-9-10-28(3,4)5)17(26)16(15)18(19,20)21/h11,13-14,22H,6-10,12H2,1-5H3/t13?,14-/m0/s1. The summed E-state index contributed by atoms with van der Waals surface area (Å²) >= 11 is 0. The molecule has 2 heterocycles. The van der Waals surface area contributed by atoms with Crippen LogP contribution < -0.4 is 15.8 Å². The Hall–Kier alpha value is -1.39. The zero-order chi connectivity index (χ0) is 21.1. The predicted molar refractivity (Wildman–Crippen MR) is 106 cm³/mol. The molecule has 0 bridgehead atoms. The maximum absolute atomic E-state index is 13.8. The highest BCUT2D eigenvalue weighted by Gasteiger charge is 2.42. The van der Waals surface area contributed by atoms with Gasteiger partial charge in [-0.2, -0.15) is 18.3 Å².